The molecule has 2 atom stereocenters. The molecular weight excluding hydrogens is 250 g/mol. The number of hydrogen-bond donors (Lipinski definition) is 1. The maximum Gasteiger partial charge on any atom is 0.151 e. The lowest BCUT2D eigenvalue weighted by Crippen LogP contribution is -2.42. The first-order valence-electron chi connectivity index (χ1n) is 6.32. The van der Waals surface area contributed by atoms with E-state index in [1.165, 1.54) is 0 Å². The maximum absolute atomic E-state index is 11.6. The summed E-state index contributed by atoms with van der Waals surface area (Å²) in [6.45, 7) is 0.593. The Morgan fingerprint density at radius 3 is 2.94 bits per heavy atom. The van der Waals surface area contributed by atoms with Crippen molar-refractivity contribution in [2.24, 2.45) is 0 Å². The molecule has 0 spiro atoms. The van der Waals surface area contributed by atoms with Gasteiger partial charge in [-0.1, -0.05) is 18.2 Å². The molecule has 0 aromatic heterocycles. The second kappa shape index (κ2) is 4.55. The Kier molecular flexibility index (Phi) is 3.03. The van der Waals surface area contributed by atoms with Gasteiger partial charge in [-0.2, -0.15) is 0 Å². The molecule has 98 valence electrons. The van der Waals surface area contributed by atoms with Crippen LogP contribution in [0.2, 0.25) is 0 Å². The van der Waals surface area contributed by atoms with Gasteiger partial charge in [0, 0.05) is 11.6 Å². The summed E-state index contributed by atoms with van der Waals surface area (Å²) in [5.41, 5.74) is 1.14. The summed E-state index contributed by atoms with van der Waals surface area (Å²) >= 11 is 0. The van der Waals surface area contributed by atoms with Crippen molar-refractivity contribution in [3.8, 4) is 5.75 Å². The Balaban J connectivity index is 1.71. The van der Waals surface area contributed by atoms with Crippen LogP contribution in [0.1, 0.15) is 24.4 Å². The molecule has 18 heavy (non-hydrogen) atoms. The second-order valence-electron chi connectivity index (χ2n) is 5.02. The summed E-state index contributed by atoms with van der Waals surface area (Å²) in [4.78, 5) is 0. The van der Waals surface area contributed by atoms with Gasteiger partial charge in [0.05, 0.1) is 17.5 Å². The summed E-state index contributed by atoms with van der Waals surface area (Å²) in [6.07, 6.45) is 1.69. The molecule has 1 saturated heterocycles. The third-order valence-corrected chi connectivity index (χ3v) is 5.42. The maximum atomic E-state index is 11.6. The Morgan fingerprint density at radius 1 is 1.28 bits per heavy atom. The molecule has 0 bridgehead atoms. The van der Waals surface area contributed by atoms with E-state index in [2.05, 4.69) is 5.32 Å². The zero-order valence-electron chi connectivity index (χ0n) is 10.1. The van der Waals surface area contributed by atoms with E-state index in [4.69, 9.17) is 4.74 Å². The Morgan fingerprint density at radius 2 is 2.11 bits per heavy atom. The first-order valence-corrected chi connectivity index (χ1v) is 8.14. The van der Waals surface area contributed by atoms with Gasteiger partial charge in [-0.3, -0.25) is 0 Å². The molecule has 3 rings (SSSR count). The number of sulfone groups is 1. The molecule has 0 aliphatic carbocycles. The molecular formula is C13H17NO3S. The molecule has 4 nitrogen and oxygen atoms in total. The van der Waals surface area contributed by atoms with E-state index in [9.17, 15) is 8.42 Å². The number of nitrogens with one attached hydrogen (secondary N) is 1. The van der Waals surface area contributed by atoms with Gasteiger partial charge in [0.2, 0.25) is 0 Å². The smallest absolute Gasteiger partial charge is 0.151 e. The summed E-state index contributed by atoms with van der Waals surface area (Å²) in [6, 6.07) is 8.11. The molecule has 1 aromatic carbocycles. The van der Waals surface area contributed by atoms with Crippen LogP contribution >= 0.6 is 0 Å². The number of benzene rings is 1. The van der Waals surface area contributed by atoms with E-state index >= 15 is 0 Å². The Bertz CT molecular complexity index is 541. The van der Waals surface area contributed by atoms with Crippen LogP contribution in [-0.2, 0) is 9.84 Å². The third-order valence-electron chi connectivity index (χ3n) is 3.60. The third kappa shape index (κ3) is 2.37. The van der Waals surface area contributed by atoms with Crippen LogP contribution in [0.5, 0.6) is 5.75 Å². The SMILES string of the molecule is O=S1(=O)CCCC(NC2COc3ccccc32)C1. The lowest BCUT2D eigenvalue weighted by molar-refractivity contribution is 0.295. The predicted octanol–water partition coefficient (Wildman–Crippen LogP) is 1.29. The zero-order valence-corrected chi connectivity index (χ0v) is 10.9. The van der Waals surface area contributed by atoms with Crippen molar-refractivity contribution in [1.29, 1.82) is 0 Å². The van der Waals surface area contributed by atoms with Gasteiger partial charge in [-0.25, -0.2) is 8.42 Å². The van der Waals surface area contributed by atoms with Gasteiger partial charge in [-0.05, 0) is 18.9 Å². The molecule has 2 aliphatic rings. The molecule has 5 heteroatoms. The number of hydrogen-bond acceptors (Lipinski definition) is 4. The molecule has 2 aliphatic heterocycles. The monoisotopic (exact) mass is 267 g/mol. The van der Waals surface area contributed by atoms with Crippen molar-refractivity contribution in [2.75, 3.05) is 18.1 Å². The zero-order chi connectivity index (χ0) is 12.6. The number of fused-ring (bicyclic) bond motifs is 1. The summed E-state index contributed by atoms with van der Waals surface area (Å²) in [7, 11) is -2.85. The molecule has 0 amide bonds. The Hall–Kier alpha value is -1.07. The first-order chi connectivity index (χ1) is 8.64. The average molecular weight is 267 g/mol. The van der Waals surface area contributed by atoms with E-state index in [0.29, 0.717) is 12.4 Å². The minimum absolute atomic E-state index is 0.0588. The summed E-state index contributed by atoms with van der Waals surface area (Å²) < 4.78 is 28.8. The van der Waals surface area contributed by atoms with E-state index in [1.807, 2.05) is 24.3 Å². The summed E-state index contributed by atoms with van der Waals surface area (Å²) in [5.74, 6) is 1.50. The van der Waals surface area contributed by atoms with Gasteiger partial charge in [-0.15, -0.1) is 0 Å². The second-order valence-corrected chi connectivity index (χ2v) is 7.25. The minimum Gasteiger partial charge on any atom is -0.491 e. The van der Waals surface area contributed by atoms with Crippen LogP contribution in [0, 0.1) is 0 Å². The van der Waals surface area contributed by atoms with Crippen molar-refractivity contribution in [3.63, 3.8) is 0 Å². The van der Waals surface area contributed by atoms with E-state index < -0.39 is 9.84 Å². The van der Waals surface area contributed by atoms with Crippen LogP contribution < -0.4 is 10.1 Å². The van der Waals surface area contributed by atoms with Gasteiger partial charge in [0.1, 0.15) is 12.4 Å². The highest BCUT2D eigenvalue weighted by Crippen LogP contribution is 2.32. The standard InChI is InChI=1S/C13H17NO3S/c15-18(16)7-3-4-10(9-18)14-12-8-17-13-6-2-1-5-11(12)13/h1-2,5-6,10,12,14H,3-4,7-9H2. The molecule has 0 saturated carbocycles. The lowest BCUT2D eigenvalue weighted by atomic mass is 10.1. The predicted molar refractivity (Wildman–Crippen MR) is 69.5 cm³/mol. The lowest BCUT2D eigenvalue weighted by Gasteiger charge is -2.25. The number of para-hydroxylation sites is 1. The van der Waals surface area contributed by atoms with Crippen LogP contribution in [0.4, 0.5) is 0 Å². The Labute approximate surface area is 107 Å². The fraction of sp³-hybridized carbons (Fsp3) is 0.538. The minimum atomic E-state index is -2.85. The van der Waals surface area contributed by atoms with E-state index in [1.54, 1.807) is 0 Å². The van der Waals surface area contributed by atoms with Gasteiger partial charge in [0.25, 0.3) is 0 Å². The van der Waals surface area contributed by atoms with Gasteiger partial charge in [0.15, 0.2) is 9.84 Å². The van der Waals surface area contributed by atoms with E-state index in [-0.39, 0.29) is 17.8 Å². The van der Waals surface area contributed by atoms with Crippen LogP contribution in [0.25, 0.3) is 0 Å². The topological polar surface area (TPSA) is 55.4 Å². The van der Waals surface area contributed by atoms with Crippen LogP contribution in [0.15, 0.2) is 24.3 Å². The largest absolute Gasteiger partial charge is 0.491 e. The molecule has 1 aromatic rings. The van der Waals surface area contributed by atoms with Crippen LogP contribution in [0.3, 0.4) is 0 Å². The molecule has 2 unspecified atom stereocenters. The molecule has 1 fully saturated rings. The van der Waals surface area contributed by atoms with Gasteiger partial charge < -0.3 is 10.1 Å². The molecule has 2 heterocycles. The van der Waals surface area contributed by atoms with Crippen molar-refractivity contribution >= 4 is 9.84 Å². The highest BCUT2D eigenvalue weighted by Gasteiger charge is 2.30. The first kappa shape index (κ1) is 12.0. The van der Waals surface area contributed by atoms with Crippen molar-refractivity contribution < 1.29 is 13.2 Å². The normalized spacial score (nSPS) is 29.6. The molecule has 1 N–H and O–H groups in total. The fourth-order valence-corrected chi connectivity index (χ4v) is 4.39. The number of ether oxygens (including phenoxy) is 1. The van der Waals surface area contributed by atoms with E-state index in [0.717, 1.165) is 24.2 Å². The number of rotatable bonds is 2. The summed E-state index contributed by atoms with van der Waals surface area (Å²) in [5, 5.41) is 3.43. The highest BCUT2D eigenvalue weighted by atomic mass is 32.2. The average Bonchev–Trinajstić information content (AvgIpc) is 2.72. The van der Waals surface area contributed by atoms with Crippen LogP contribution in [-0.4, -0.2) is 32.6 Å². The van der Waals surface area contributed by atoms with Crippen molar-refractivity contribution in [3.05, 3.63) is 29.8 Å². The highest BCUT2D eigenvalue weighted by molar-refractivity contribution is 7.91. The van der Waals surface area contributed by atoms with Crippen molar-refractivity contribution in [1.82, 2.24) is 5.32 Å². The van der Waals surface area contributed by atoms with Crippen molar-refractivity contribution in [2.45, 2.75) is 24.9 Å². The fourth-order valence-electron chi connectivity index (χ4n) is 2.74. The quantitative estimate of drug-likeness (QED) is 0.877. The molecule has 0 radical (unpaired) electrons. The van der Waals surface area contributed by atoms with Gasteiger partial charge >= 0.3 is 0 Å².